The number of hydrogen-bond donors (Lipinski definition) is 0. The van der Waals surface area contributed by atoms with Crippen LogP contribution < -0.4 is 0 Å². The molecule has 1 atom stereocenters. The molecular weight excluding hydrogens is 368 g/mol. The maximum absolute atomic E-state index is 3.79. The summed E-state index contributed by atoms with van der Waals surface area (Å²) >= 11 is 3.79. The molecule has 3 aromatic carbocycles. The van der Waals surface area contributed by atoms with Crippen molar-refractivity contribution in [2.45, 2.75) is 12.8 Å². The van der Waals surface area contributed by atoms with E-state index in [1.807, 2.05) is 42.5 Å². The summed E-state index contributed by atoms with van der Waals surface area (Å²) in [4.78, 5) is 0. The lowest BCUT2D eigenvalue weighted by atomic mass is 9.91. The van der Waals surface area contributed by atoms with Crippen molar-refractivity contribution in [1.82, 2.24) is 0 Å². The van der Waals surface area contributed by atoms with E-state index in [-0.39, 0.29) is 5.92 Å². The Bertz CT molecular complexity index is 898. The molecule has 0 N–H and O–H groups in total. The Kier molecular flexibility index (Phi) is 5.88. The van der Waals surface area contributed by atoms with Gasteiger partial charge in [-0.25, -0.2) is 0 Å². The predicted octanol–water partition coefficient (Wildman–Crippen LogP) is 6.65. The predicted molar refractivity (Wildman–Crippen MR) is 110 cm³/mol. The highest BCUT2D eigenvalue weighted by Gasteiger charge is 2.14. The van der Waals surface area contributed by atoms with Crippen molar-refractivity contribution >= 4 is 20.4 Å². The molecule has 0 saturated carbocycles. The van der Waals surface area contributed by atoms with E-state index in [0.717, 1.165) is 10.0 Å². The van der Waals surface area contributed by atoms with Crippen molar-refractivity contribution in [1.29, 1.82) is 0 Å². The first-order chi connectivity index (χ1) is 12.3. The van der Waals surface area contributed by atoms with E-state index in [2.05, 4.69) is 83.2 Å². The summed E-state index contributed by atoms with van der Waals surface area (Å²) in [6.45, 7) is 2.15. The van der Waals surface area contributed by atoms with Crippen LogP contribution in [0.3, 0.4) is 0 Å². The molecule has 25 heavy (non-hydrogen) atoms. The highest BCUT2D eigenvalue weighted by molar-refractivity contribution is 9.15. The first-order valence-electron chi connectivity index (χ1n) is 8.29. The zero-order chi connectivity index (χ0) is 17.5. The normalized spacial score (nSPS) is 12.6. The maximum atomic E-state index is 3.79. The quantitative estimate of drug-likeness (QED) is 0.442. The fourth-order valence-electron chi connectivity index (χ4n) is 2.70. The molecule has 0 fully saturated rings. The minimum atomic E-state index is 0.0380. The lowest BCUT2D eigenvalue weighted by molar-refractivity contribution is 1.03. The van der Waals surface area contributed by atoms with E-state index in [0.29, 0.717) is 0 Å². The van der Waals surface area contributed by atoms with Crippen LogP contribution in [0.1, 0.15) is 29.5 Å². The van der Waals surface area contributed by atoms with Gasteiger partial charge in [0.2, 0.25) is 0 Å². The molecule has 0 aromatic heterocycles. The zero-order valence-electron chi connectivity index (χ0n) is 14.1. The van der Waals surface area contributed by atoms with E-state index < -0.39 is 0 Å². The lowest BCUT2D eigenvalue weighted by Gasteiger charge is -2.15. The minimum Gasteiger partial charge on any atom is -0.0851 e. The summed E-state index contributed by atoms with van der Waals surface area (Å²) in [5.41, 5.74) is 4.62. The van der Waals surface area contributed by atoms with Crippen LogP contribution in [0.5, 0.6) is 0 Å². The number of benzene rings is 3. The molecule has 0 saturated heterocycles. The van der Waals surface area contributed by atoms with Gasteiger partial charge in [0, 0.05) is 10.0 Å². The van der Waals surface area contributed by atoms with Crippen molar-refractivity contribution in [3.8, 4) is 11.8 Å². The summed E-state index contributed by atoms with van der Waals surface area (Å²) in [5, 5.41) is 0. The molecule has 3 aromatic rings. The maximum Gasteiger partial charge on any atom is 0.0677 e. The van der Waals surface area contributed by atoms with Crippen LogP contribution in [0.2, 0.25) is 0 Å². The zero-order valence-corrected chi connectivity index (χ0v) is 15.7. The van der Waals surface area contributed by atoms with E-state index in [9.17, 15) is 0 Å². The van der Waals surface area contributed by atoms with Crippen molar-refractivity contribution in [3.05, 3.63) is 113 Å². The molecule has 0 amide bonds. The monoisotopic (exact) mass is 386 g/mol. The standard InChI is InChI=1S/C24H19Br/c1-19(24(25)22-15-9-4-10-16-22)23(21-13-7-3-8-14-21)18-17-20-11-5-2-6-12-20/h2-16,23H,1H3/b24-19+. The molecule has 0 radical (unpaired) electrons. The van der Waals surface area contributed by atoms with Gasteiger partial charge in [-0.1, -0.05) is 107 Å². The third-order valence-electron chi connectivity index (χ3n) is 4.07. The van der Waals surface area contributed by atoms with Crippen molar-refractivity contribution in [2.24, 2.45) is 0 Å². The van der Waals surface area contributed by atoms with Crippen molar-refractivity contribution < 1.29 is 0 Å². The third-order valence-corrected chi connectivity index (χ3v) is 5.16. The third kappa shape index (κ3) is 4.50. The molecule has 0 spiro atoms. The first kappa shape index (κ1) is 17.3. The van der Waals surface area contributed by atoms with E-state index in [1.165, 1.54) is 16.7 Å². The van der Waals surface area contributed by atoms with Crippen LogP contribution in [0.25, 0.3) is 4.48 Å². The molecule has 0 heterocycles. The Morgan fingerprint density at radius 2 is 1.28 bits per heavy atom. The van der Waals surface area contributed by atoms with Gasteiger partial charge >= 0.3 is 0 Å². The molecule has 122 valence electrons. The summed E-state index contributed by atoms with van der Waals surface area (Å²) in [5.74, 6) is 6.83. The Balaban J connectivity index is 2.04. The average molecular weight is 387 g/mol. The van der Waals surface area contributed by atoms with E-state index in [4.69, 9.17) is 0 Å². The van der Waals surface area contributed by atoms with Gasteiger partial charge < -0.3 is 0 Å². The Hall–Kier alpha value is -2.56. The van der Waals surface area contributed by atoms with Gasteiger partial charge in [-0.2, -0.15) is 0 Å². The fourth-order valence-corrected chi connectivity index (χ4v) is 3.20. The Morgan fingerprint density at radius 3 is 1.88 bits per heavy atom. The molecule has 1 heteroatoms. The molecule has 0 aliphatic carbocycles. The first-order valence-corrected chi connectivity index (χ1v) is 9.08. The highest BCUT2D eigenvalue weighted by Crippen LogP contribution is 2.33. The molecule has 1 unspecified atom stereocenters. The largest absolute Gasteiger partial charge is 0.0851 e. The van der Waals surface area contributed by atoms with Gasteiger partial charge in [0.15, 0.2) is 0 Å². The smallest absolute Gasteiger partial charge is 0.0677 e. The van der Waals surface area contributed by atoms with Gasteiger partial charge in [0.1, 0.15) is 0 Å². The molecule has 0 aliphatic heterocycles. The summed E-state index contributed by atoms with van der Waals surface area (Å²) in [6, 6.07) is 30.9. The van der Waals surface area contributed by atoms with Gasteiger partial charge in [-0.15, -0.1) is 0 Å². The SMILES string of the molecule is C/C(=C(\Br)c1ccccc1)C(C#Cc1ccccc1)c1ccccc1. The number of hydrogen-bond acceptors (Lipinski definition) is 0. The van der Waals surface area contributed by atoms with Gasteiger partial charge in [0.25, 0.3) is 0 Å². The average Bonchev–Trinajstić information content (AvgIpc) is 2.69. The van der Waals surface area contributed by atoms with Crippen LogP contribution in [0, 0.1) is 11.8 Å². The van der Waals surface area contributed by atoms with Crippen LogP contribution in [0.4, 0.5) is 0 Å². The topological polar surface area (TPSA) is 0 Å². The van der Waals surface area contributed by atoms with Crippen LogP contribution in [0.15, 0.2) is 96.6 Å². The van der Waals surface area contributed by atoms with Gasteiger partial charge in [-0.05, 0) is 35.8 Å². The van der Waals surface area contributed by atoms with E-state index in [1.54, 1.807) is 0 Å². The molecule has 0 aliphatic rings. The van der Waals surface area contributed by atoms with Gasteiger partial charge in [0.05, 0.1) is 5.92 Å². The lowest BCUT2D eigenvalue weighted by Crippen LogP contribution is -1.99. The van der Waals surface area contributed by atoms with Crippen LogP contribution in [-0.4, -0.2) is 0 Å². The Labute approximate surface area is 158 Å². The highest BCUT2D eigenvalue weighted by atomic mass is 79.9. The van der Waals surface area contributed by atoms with Crippen LogP contribution in [-0.2, 0) is 0 Å². The second-order valence-electron chi connectivity index (χ2n) is 5.84. The second kappa shape index (κ2) is 8.51. The molecular formula is C24H19Br. The molecule has 0 bridgehead atoms. The Morgan fingerprint density at radius 1 is 0.760 bits per heavy atom. The number of allylic oxidation sites excluding steroid dienone is 1. The summed E-state index contributed by atoms with van der Waals surface area (Å²) in [7, 11) is 0. The fraction of sp³-hybridized carbons (Fsp3) is 0.0833. The second-order valence-corrected chi connectivity index (χ2v) is 6.64. The minimum absolute atomic E-state index is 0.0380. The van der Waals surface area contributed by atoms with Gasteiger partial charge in [-0.3, -0.25) is 0 Å². The number of halogens is 1. The number of rotatable bonds is 3. The molecule has 3 rings (SSSR count). The summed E-state index contributed by atoms with van der Waals surface area (Å²) < 4.78 is 1.10. The van der Waals surface area contributed by atoms with E-state index >= 15 is 0 Å². The molecule has 0 nitrogen and oxygen atoms in total. The summed E-state index contributed by atoms with van der Waals surface area (Å²) in [6.07, 6.45) is 0. The van der Waals surface area contributed by atoms with Crippen LogP contribution >= 0.6 is 15.9 Å². The van der Waals surface area contributed by atoms with Crippen molar-refractivity contribution in [2.75, 3.05) is 0 Å². The van der Waals surface area contributed by atoms with Crippen molar-refractivity contribution in [3.63, 3.8) is 0 Å².